The summed E-state index contributed by atoms with van der Waals surface area (Å²) < 4.78 is 7.64. The summed E-state index contributed by atoms with van der Waals surface area (Å²) in [5.41, 5.74) is 1.05. The molecule has 0 spiro atoms. The molecule has 0 unspecified atom stereocenters. The number of esters is 1. The molecule has 1 aliphatic heterocycles. The number of hydrogen-bond acceptors (Lipinski definition) is 6. The number of nitrogens with zero attached hydrogens (tertiary/aromatic N) is 2. The third kappa shape index (κ3) is 5.88. The fraction of sp³-hybridized carbons (Fsp3) is 0.333. The van der Waals surface area contributed by atoms with Gasteiger partial charge in [-0.1, -0.05) is 41.9 Å². The van der Waals surface area contributed by atoms with E-state index in [1.165, 1.54) is 10.9 Å². The molecular formula is C24H23BrClN3O4. The van der Waals surface area contributed by atoms with E-state index in [-0.39, 0.29) is 48.8 Å². The van der Waals surface area contributed by atoms with Crippen LogP contribution < -0.4 is 10.9 Å². The Bertz CT molecular complexity index is 1230. The van der Waals surface area contributed by atoms with Gasteiger partial charge in [0, 0.05) is 10.9 Å². The zero-order chi connectivity index (χ0) is 23.4. The second kappa shape index (κ2) is 10.6. The number of benzene rings is 2. The maximum Gasteiger partial charge on any atom is 0.310 e. The smallest absolute Gasteiger partial charge is 0.310 e. The minimum Gasteiger partial charge on any atom is -0.460 e. The predicted molar refractivity (Wildman–Crippen MR) is 129 cm³/mol. The molecule has 0 saturated carbocycles. The third-order valence-electron chi connectivity index (χ3n) is 5.66. The molecular weight excluding hydrogens is 510 g/mol. The Morgan fingerprint density at radius 2 is 2.03 bits per heavy atom. The fourth-order valence-electron chi connectivity index (χ4n) is 4.01. The second-order valence-electron chi connectivity index (χ2n) is 8.10. The minimum atomic E-state index is -0.387. The molecule has 4 rings (SSSR count). The molecule has 0 radical (unpaired) electrons. The number of carbonyl (C=O) groups is 2. The number of halogens is 2. The van der Waals surface area contributed by atoms with E-state index >= 15 is 0 Å². The van der Waals surface area contributed by atoms with Gasteiger partial charge in [0.25, 0.3) is 5.56 Å². The number of rotatable bonds is 7. The van der Waals surface area contributed by atoms with Crippen LogP contribution in [0.5, 0.6) is 0 Å². The molecule has 1 aliphatic rings. The van der Waals surface area contributed by atoms with Gasteiger partial charge in [0.15, 0.2) is 5.78 Å². The van der Waals surface area contributed by atoms with Crippen LogP contribution in [-0.2, 0) is 27.3 Å². The summed E-state index contributed by atoms with van der Waals surface area (Å²) in [4.78, 5) is 42.3. The van der Waals surface area contributed by atoms with Gasteiger partial charge in [-0.2, -0.15) is 0 Å². The minimum absolute atomic E-state index is 0.113. The molecule has 0 amide bonds. The number of Topliss-reactive ketones (excluding diaryl/α,β-unsaturated/α-hetero) is 1. The lowest BCUT2D eigenvalue weighted by Gasteiger charge is -2.32. The molecule has 2 heterocycles. The molecule has 3 aromatic rings. The maximum atomic E-state index is 12.8. The Balaban J connectivity index is 1.41. The van der Waals surface area contributed by atoms with Gasteiger partial charge in [-0.25, -0.2) is 4.98 Å². The van der Waals surface area contributed by atoms with Gasteiger partial charge >= 0.3 is 5.97 Å². The van der Waals surface area contributed by atoms with Crippen molar-refractivity contribution in [3.8, 4) is 0 Å². The summed E-state index contributed by atoms with van der Waals surface area (Å²) in [7, 11) is 0. The molecule has 7 nitrogen and oxygen atoms in total. The molecule has 1 saturated heterocycles. The van der Waals surface area contributed by atoms with E-state index in [2.05, 4.69) is 26.2 Å². The van der Waals surface area contributed by atoms with Crippen molar-refractivity contribution >= 4 is 50.2 Å². The number of carbonyl (C=O) groups excluding carboxylic acids is 2. The summed E-state index contributed by atoms with van der Waals surface area (Å²) in [5.74, 6) is -0.463. The van der Waals surface area contributed by atoms with Gasteiger partial charge in [-0.05, 0) is 53.0 Å². The first kappa shape index (κ1) is 23.6. The summed E-state index contributed by atoms with van der Waals surface area (Å²) in [6.45, 7) is 0.633. The number of fused-ring (bicyclic) bond motifs is 1. The molecule has 1 N–H and O–H groups in total. The molecule has 2 aromatic carbocycles. The van der Waals surface area contributed by atoms with Crippen molar-refractivity contribution in [2.24, 2.45) is 0 Å². The summed E-state index contributed by atoms with van der Waals surface area (Å²) in [6, 6.07) is 12.3. The van der Waals surface area contributed by atoms with E-state index in [1.54, 1.807) is 12.1 Å². The highest BCUT2D eigenvalue weighted by molar-refractivity contribution is 9.10. The quantitative estimate of drug-likeness (QED) is 0.467. The number of ether oxygens (including phenoxy) is 1. The van der Waals surface area contributed by atoms with Crippen LogP contribution in [0.25, 0.3) is 10.9 Å². The van der Waals surface area contributed by atoms with Gasteiger partial charge in [0.05, 0.1) is 41.3 Å². The van der Waals surface area contributed by atoms with Crippen molar-refractivity contribution in [1.82, 2.24) is 14.9 Å². The highest BCUT2D eigenvalue weighted by Crippen LogP contribution is 2.25. The average Bonchev–Trinajstić information content (AvgIpc) is 2.79. The van der Waals surface area contributed by atoms with Crippen LogP contribution in [-0.4, -0.2) is 40.0 Å². The average molecular weight is 533 g/mol. The zero-order valence-corrected chi connectivity index (χ0v) is 20.1. The number of nitrogens with one attached hydrogen (secondary N) is 1. The van der Waals surface area contributed by atoms with Gasteiger partial charge < -0.3 is 10.1 Å². The molecule has 33 heavy (non-hydrogen) atoms. The van der Waals surface area contributed by atoms with Gasteiger partial charge in [-0.3, -0.25) is 19.0 Å². The van der Waals surface area contributed by atoms with Crippen LogP contribution in [0.2, 0.25) is 5.02 Å². The Morgan fingerprint density at radius 1 is 1.24 bits per heavy atom. The summed E-state index contributed by atoms with van der Waals surface area (Å²) >= 11 is 9.43. The maximum absolute atomic E-state index is 12.8. The van der Waals surface area contributed by atoms with Crippen LogP contribution >= 0.6 is 27.5 Å². The highest BCUT2D eigenvalue weighted by atomic mass is 79.9. The summed E-state index contributed by atoms with van der Waals surface area (Å²) in [5, 5.41) is 4.04. The van der Waals surface area contributed by atoms with Crippen molar-refractivity contribution in [1.29, 1.82) is 0 Å². The lowest BCUT2D eigenvalue weighted by Crippen LogP contribution is -2.48. The lowest BCUT2D eigenvalue weighted by atomic mass is 9.96. The molecule has 9 heteroatoms. The largest absolute Gasteiger partial charge is 0.460 e. The second-order valence-corrected chi connectivity index (χ2v) is 9.36. The first-order chi connectivity index (χ1) is 15.9. The van der Waals surface area contributed by atoms with Crippen LogP contribution in [0.1, 0.15) is 24.8 Å². The number of ketones is 1. The van der Waals surface area contributed by atoms with E-state index in [0.29, 0.717) is 26.8 Å². The van der Waals surface area contributed by atoms with Crippen LogP contribution in [0.4, 0.5) is 0 Å². The molecule has 172 valence electrons. The topological polar surface area (TPSA) is 90.3 Å². The van der Waals surface area contributed by atoms with E-state index in [0.717, 1.165) is 18.5 Å². The van der Waals surface area contributed by atoms with Crippen LogP contribution in [0, 0.1) is 0 Å². The van der Waals surface area contributed by atoms with Crippen molar-refractivity contribution in [2.45, 2.75) is 44.4 Å². The Labute approximate surface area is 204 Å². The molecule has 2 atom stereocenters. The van der Waals surface area contributed by atoms with E-state index < -0.39 is 0 Å². The summed E-state index contributed by atoms with van der Waals surface area (Å²) in [6.07, 6.45) is 2.87. The molecule has 0 aliphatic carbocycles. The number of piperidine rings is 1. The highest BCUT2D eigenvalue weighted by Gasteiger charge is 2.30. The Hall–Kier alpha value is -2.55. The van der Waals surface area contributed by atoms with Crippen molar-refractivity contribution in [3.05, 3.63) is 74.2 Å². The standard InChI is InChI=1S/C24H23BrClN3O4/c25-18-12-20-17(11-19(18)26)24(32)29(14-28-20)13-16(30)10-21-22(7-4-8-27-21)33-23(31)9-15-5-2-1-3-6-15/h1-3,5-6,11-12,14,21-22,27H,4,7-10,13H2/t21-,22+/m1/s1. The first-order valence-corrected chi connectivity index (χ1v) is 11.9. The predicted octanol–water partition coefficient (Wildman–Crippen LogP) is 3.68. The van der Waals surface area contributed by atoms with Gasteiger partial charge in [0.1, 0.15) is 6.10 Å². The van der Waals surface area contributed by atoms with Crippen LogP contribution in [0.3, 0.4) is 0 Å². The zero-order valence-electron chi connectivity index (χ0n) is 17.8. The fourth-order valence-corrected chi connectivity index (χ4v) is 4.50. The molecule has 1 aromatic heterocycles. The SMILES string of the molecule is O=C(C[C@H]1NCCC[C@@H]1OC(=O)Cc1ccccc1)Cn1cnc2cc(Br)c(Cl)cc2c1=O. The van der Waals surface area contributed by atoms with Crippen molar-refractivity contribution in [2.75, 3.05) is 6.54 Å². The third-order valence-corrected chi connectivity index (χ3v) is 6.85. The van der Waals surface area contributed by atoms with Crippen molar-refractivity contribution < 1.29 is 14.3 Å². The Kier molecular flexibility index (Phi) is 7.57. The van der Waals surface area contributed by atoms with Gasteiger partial charge in [-0.15, -0.1) is 0 Å². The van der Waals surface area contributed by atoms with Gasteiger partial charge in [0.2, 0.25) is 0 Å². The molecule has 0 bridgehead atoms. The van der Waals surface area contributed by atoms with E-state index in [4.69, 9.17) is 16.3 Å². The van der Waals surface area contributed by atoms with E-state index in [9.17, 15) is 14.4 Å². The Morgan fingerprint density at radius 3 is 2.82 bits per heavy atom. The number of hydrogen-bond donors (Lipinski definition) is 1. The first-order valence-electron chi connectivity index (χ1n) is 10.7. The van der Waals surface area contributed by atoms with Crippen molar-refractivity contribution in [3.63, 3.8) is 0 Å². The number of aromatic nitrogens is 2. The lowest BCUT2D eigenvalue weighted by molar-refractivity contribution is -0.151. The van der Waals surface area contributed by atoms with Crippen LogP contribution in [0.15, 0.2) is 58.1 Å². The van der Waals surface area contributed by atoms with E-state index in [1.807, 2.05) is 30.3 Å². The monoisotopic (exact) mass is 531 g/mol. The normalized spacial score (nSPS) is 18.2. The molecule has 1 fully saturated rings.